The lowest BCUT2D eigenvalue weighted by atomic mass is 9.92. The van der Waals surface area contributed by atoms with Crippen molar-refractivity contribution < 1.29 is 19.1 Å². The Bertz CT molecular complexity index is 875. The third-order valence-corrected chi connectivity index (χ3v) is 6.84. The van der Waals surface area contributed by atoms with Gasteiger partial charge in [-0.2, -0.15) is 0 Å². The van der Waals surface area contributed by atoms with Crippen LogP contribution in [0.2, 0.25) is 0 Å². The topological polar surface area (TPSA) is 85.4 Å². The molecular weight excluding hydrogens is 434 g/mol. The van der Waals surface area contributed by atoms with E-state index in [-0.39, 0.29) is 30.3 Å². The second kappa shape index (κ2) is 11.1. The van der Waals surface area contributed by atoms with Crippen LogP contribution in [0.3, 0.4) is 0 Å². The number of rotatable bonds is 8. The second-order valence-corrected chi connectivity index (χ2v) is 9.75. The third kappa shape index (κ3) is 5.46. The van der Waals surface area contributed by atoms with Gasteiger partial charge < -0.3 is 19.9 Å². The summed E-state index contributed by atoms with van der Waals surface area (Å²) in [7, 11) is 3.36. The minimum Gasteiger partial charge on any atom is -0.497 e. The lowest BCUT2D eigenvalue weighted by Gasteiger charge is -2.55. The van der Waals surface area contributed by atoms with E-state index in [2.05, 4.69) is 19.2 Å². The fraction of sp³-hybridized carbons (Fsp3) is 0.640. The molecule has 1 N–H and O–H groups in total. The van der Waals surface area contributed by atoms with Crippen molar-refractivity contribution in [3.05, 3.63) is 29.8 Å². The zero-order valence-corrected chi connectivity index (χ0v) is 21.3. The number of urea groups is 1. The van der Waals surface area contributed by atoms with E-state index in [1.54, 1.807) is 29.1 Å². The van der Waals surface area contributed by atoms with Gasteiger partial charge in [-0.05, 0) is 36.0 Å². The summed E-state index contributed by atoms with van der Waals surface area (Å²) < 4.78 is 5.19. The second-order valence-electron chi connectivity index (χ2n) is 9.75. The van der Waals surface area contributed by atoms with Gasteiger partial charge in [0.15, 0.2) is 0 Å². The lowest BCUT2D eigenvalue weighted by Crippen LogP contribution is -2.76. The fourth-order valence-corrected chi connectivity index (χ4v) is 4.61. The van der Waals surface area contributed by atoms with Gasteiger partial charge in [0.2, 0.25) is 11.8 Å². The molecule has 0 bridgehead atoms. The van der Waals surface area contributed by atoms with Crippen LogP contribution in [-0.4, -0.2) is 83.7 Å². The zero-order chi connectivity index (χ0) is 25.0. The first-order valence-electron chi connectivity index (χ1n) is 12.2. The SMILES string of the molecule is CCC(C)[C@H]1C(=O)N(CCC(C)C)C[C@H]2N1C(=O)CN(C)N2C(=O)NCc1ccc(OC)cc1. The van der Waals surface area contributed by atoms with Gasteiger partial charge in [-0.1, -0.05) is 46.2 Å². The molecule has 0 aliphatic carbocycles. The highest BCUT2D eigenvalue weighted by Crippen LogP contribution is 2.30. The fourth-order valence-electron chi connectivity index (χ4n) is 4.61. The molecule has 1 aromatic carbocycles. The summed E-state index contributed by atoms with van der Waals surface area (Å²) in [6.07, 6.45) is 1.11. The Morgan fingerprint density at radius 1 is 1.18 bits per heavy atom. The van der Waals surface area contributed by atoms with E-state index in [4.69, 9.17) is 4.74 Å². The number of hydrogen-bond donors (Lipinski definition) is 1. The predicted molar refractivity (Wildman–Crippen MR) is 130 cm³/mol. The summed E-state index contributed by atoms with van der Waals surface area (Å²) in [5.41, 5.74) is 0.941. The maximum atomic E-state index is 13.4. The number of piperazine rings is 1. The molecule has 0 spiro atoms. The standard InChI is InChI=1S/C25H39N5O4/c1-7-18(4)23-24(32)28(13-12-17(2)3)15-21-29(23)22(31)16-27(5)30(21)25(33)26-14-19-8-10-20(34-6)11-9-19/h8-11,17-18,21,23H,7,12-16H2,1-6H3,(H,26,33)/t18?,21-,23-/m0/s1. The molecule has 4 amide bonds. The maximum Gasteiger partial charge on any atom is 0.334 e. The van der Waals surface area contributed by atoms with E-state index in [0.29, 0.717) is 25.6 Å². The highest BCUT2D eigenvalue weighted by molar-refractivity contribution is 5.91. The molecule has 2 fully saturated rings. The van der Waals surface area contributed by atoms with Crippen molar-refractivity contribution in [1.82, 2.24) is 25.1 Å². The molecule has 188 valence electrons. The van der Waals surface area contributed by atoms with Gasteiger partial charge in [0.1, 0.15) is 18.0 Å². The summed E-state index contributed by atoms with van der Waals surface area (Å²) in [5.74, 6) is 1.07. The summed E-state index contributed by atoms with van der Waals surface area (Å²) in [6, 6.07) is 6.66. The molecule has 1 unspecified atom stereocenters. The van der Waals surface area contributed by atoms with E-state index in [9.17, 15) is 14.4 Å². The number of ether oxygens (including phenoxy) is 1. The van der Waals surface area contributed by atoms with Gasteiger partial charge in [-0.3, -0.25) is 9.59 Å². The summed E-state index contributed by atoms with van der Waals surface area (Å²) in [4.78, 5) is 43.5. The van der Waals surface area contributed by atoms with Crippen molar-refractivity contribution in [2.45, 2.75) is 59.3 Å². The van der Waals surface area contributed by atoms with Gasteiger partial charge in [-0.15, -0.1) is 0 Å². The Labute approximate surface area is 203 Å². The Kier molecular flexibility index (Phi) is 8.41. The van der Waals surface area contributed by atoms with Gasteiger partial charge in [0.05, 0.1) is 20.2 Å². The normalized spacial score (nSPS) is 22.1. The van der Waals surface area contributed by atoms with E-state index < -0.39 is 12.2 Å². The molecule has 3 rings (SSSR count). The Balaban J connectivity index is 1.83. The number of fused-ring (bicyclic) bond motifs is 1. The molecule has 2 aliphatic rings. The van der Waals surface area contributed by atoms with E-state index >= 15 is 0 Å². The Morgan fingerprint density at radius 3 is 2.44 bits per heavy atom. The largest absolute Gasteiger partial charge is 0.497 e. The van der Waals surface area contributed by atoms with E-state index in [1.807, 2.05) is 43.0 Å². The number of benzene rings is 1. The summed E-state index contributed by atoms with van der Waals surface area (Å²) in [5, 5.41) is 6.25. The number of nitrogens with one attached hydrogen (secondary N) is 1. The average molecular weight is 474 g/mol. The molecule has 9 nitrogen and oxygen atoms in total. The number of hydrazine groups is 1. The van der Waals surface area contributed by atoms with Crippen molar-refractivity contribution >= 4 is 17.8 Å². The smallest absolute Gasteiger partial charge is 0.334 e. The van der Waals surface area contributed by atoms with Crippen molar-refractivity contribution in [2.75, 3.05) is 33.8 Å². The van der Waals surface area contributed by atoms with Crippen LogP contribution in [0, 0.1) is 11.8 Å². The van der Waals surface area contributed by atoms with Gasteiger partial charge in [-0.25, -0.2) is 14.8 Å². The van der Waals surface area contributed by atoms with Crippen molar-refractivity contribution in [1.29, 1.82) is 0 Å². The molecule has 3 atom stereocenters. The molecule has 0 aromatic heterocycles. The first kappa shape index (κ1) is 25.8. The highest BCUT2D eigenvalue weighted by Gasteiger charge is 2.51. The molecule has 0 radical (unpaired) electrons. The summed E-state index contributed by atoms with van der Waals surface area (Å²) in [6.45, 7) is 9.62. The first-order valence-corrected chi connectivity index (χ1v) is 12.2. The van der Waals surface area contributed by atoms with E-state index in [0.717, 1.165) is 24.2 Å². The minimum atomic E-state index is -0.561. The molecular formula is C25H39N5O4. The average Bonchev–Trinajstić information content (AvgIpc) is 2.81. The minimum absolute atomic E-state index is 0.00610. The van der Waals surface area contributed by atoms with Crippen LogP contribution < -0.4 is 10.1 Å². The molecule has 0 saturated carbocycles. The first-order chi connectivity index (χ1) is 16.2. The molecule has 34 heavy (non-hydrogen) atoms. The van der Waals surface area contributed by atoms with Crippen LogP contribution >= 0.6 is 0 Å². The molecule has 9 heteroatoms. The molecule has 2 aliphatic heterocycles. The Hall–Kier alpha value is -2.81. The van der Waals surface area contributed by atoms with Crippen LogP contribution in [-0.2, 0) is 16.1 Å². The van der Waals surface area contributed by atoms with Crippen LogP contribution in [0.25, 0.3) is 0 Å². The zero-order valence-electron chi connectivity index (χ0n) is 21.3. The van der Waals surface area contributed by atoms with Crippen molar-refractivity contribution in [2.24, 2.45) is 11.8 Å². The van der Waals surface area contributed by atoms with Gasteiger partial charge >= 0.3 is 6.03 Å². The highest BCUT2D eigenvalue weighted by atomic mass is 16.5. The van der Waals surface area contributed by atoms with Crippen molar-refractivity contribution in [3.8, 4) is 5.75 Å². The van der Waals surface area contributed by atoms with Crippen molar-refractivity contribution in [3.63, 3.8) is 0 Å². The maximum absolute atomic E-state index is 13.4. The number of likely N-dealkylation sites (N-methyl/N-ethyl adjacent to an activating group) is 1. The van der Waals surface area contributed by atoms with Gasteiger partial charge in [0, 0.05) is 20.1 Å². The Morgan fingerprint density at radius 2 is 1.85 bits per heavy atom. The number of nitrogens with zero attached hydrogens (tertiary/aromatic N) is 4. The summed E-state index contributed by atoms with van der Waals surface area (Å²) >= 11 is 0. The molecule has 2 saturated heterocycles. The predicted octanol–water partition coefficient (Wildman–Crippen LogP) is 2.52. The third-order valence-electron chi connectivity index (χ3n) is 6.84. The van der Waals surface area contributed by atoms with Crippen LogP contribution in [0.1, 0.15) is 46.1 Å². The quantitative estimate of drug-likeness (QED) is 0.627. The van der Waals surface area contributed by atoms with Gasteiger partial charge in [0.25, 0.3) is 0 Å². The van der Waals surface area contributed by atoms with Crippen LogP contribution in [0.4, 0.5) is 4.79 Å². The number of hydrogen-bond acceptors (Lipinski definition) is 5. The number of carbonyl (C=O) groups is 3. The van der Waals surface area contributed by atoms with Crippen LogP contribution in [0.15, 0.2) is 24.3 Å². The number of methoxy groups -OCH3 is 1. The monoisotopic (exact) mass is 473 g/mol. The number of carbonyl (C=O) groups excluding carboxylic acids is 3. The lowest BCUT2D eigenvalue weighted by molar-refractivity contribution is -0.190. The molecule has 2 heterocycles. The molecule has 1 aromatic rings. The van der Waals surface area contributed by atoms with Crippen LogP contribution in [0.5, 0.6) is 5.75 Å². The number of amides is 4. The van der Waals surface area contributed by atoms with E-state index in [1.165, 1.54) is 0 Å².